The van der Waals surface area contributed by atoms with E-state index in [1.165, 1.54) is 51.3 Å². The van der Waals surface area contributed by atoms with Crippen molar-refractivity contribution in [3.8, 4) is 22.8 Å². The van der Waals surface area contributed by atoms with E-state index in [0.717, 1.165) is 0 Å². The third-order valence-electron chi connectivity index (χ3n) is 6.26. The van der Waals surface area contributed by atoms with Crippen molar-refractivity contribution in [3.05, 3.63) is 77.2 Å². The molecule has 0 bridgehead atoms. The van der Waals surface area contributed by atoms with Crippen molar-refractivity contribution in [1.82, 2.24) is 4.98 Å². The maximum absolute atomic E-state index is 13.8. The molecule has 3 atom stereocenters. The molecule has 0 aliphatic carbocycles. The van der Waals surface area contributed by atoms with Crippen molar-refractivity contribution in [1.29, 1.82) is 0 Å². The predicted molar refractivity (Wildman–Crippen MR) is 140 cm³/mol. The molecule has 3 aromatic rings. The third-order valence-corrected chi connectivity index (χ3v) is 6.26. The number of Topliss-reactive ketones (excluding diaryl/α,β-unsaturated/α-hetero) is 1. The molecule has 204 valence electrons. The van der Waals surface area contributed by atoms with Crippen LogP contribution in [-0.4, -0.2) is 47.5 Å². The fourth-order valence-electron chi connectivity index (χ4n) is 3.78. The minimum absolute atomic E-state index is 0.0185. The predicted octanol–water partition coefficient (Wildman–Crippen LogP) is 4.67. The van der Waals surface area contributed by atoms with Crippen molar-refractivity contribution in [3.63, 3.8) is 0 Å². The second-order valence-electron chi connectivity index (χ2n) is 9.91. The standard InChI is InChI=1S/C29H34F2N2O5/c1-18(34)16-38-25-10-7-20(13-26(25)37-4)24(35)11-12-29(3,36)27-15-21(28(2,32)17-30)14-23(33-27)19-5-8-22(31)9-6-19/h5-10,13-15,18,34,36H,11-12,16-17,32H2,1-4H3/t18-,28?,29?/m1/s1. The van der Waals surface area contributed by atoms with Crippen LogP contribution in [0.1, 0.15) is 55.2 Å². The topological polar surface area (TPSA) is 115 Å². The molecular weight excluding hydrogens is 494 g/mol. The number of aliphatic hydroxyl groups excluding tert-OH is 1. The average Bonchev–Trinajstić information content (AvgIpc) is 2.90. The van der Waals surface area contributed by atoms with E-state index in [1.807, 2.05) is 0 Å². The van der Waals surface area contributed by atoms with E-state index in [9.17, 15) is 23.8 Å². The summed E-state index contributed by atoms with van der Waals surface area (Å²) in [4.78, 5) is 17.5. The van der Waals surface area contributed by atoms with E-state index < -0.39 is 29.7 Å². The van der Waals surface area contributed by atoms with Crippen molar-refractivity contribution in [2.45, 2.75) is 50.9 Å². The summed E-state index contributed by atoms with van der Waals surface area (Å²) in [6.45, 7) is 3.87. The van der Waals surface area contributed by atoms with Crippen LogP contribution < -0.4 is 15.2 Å². The highest BCUT2D eigenvalue weighted by Gasteiger charge is 2.30. The highest BCUT2D eigenvalue weighted by molar-refractivity contribution is 5.96. The summed E-state index contributed by atoms with van der Waals surface area (Å²) in [6, 6.07) is 13.5. The van der Waals surface area contributed by atoms with Gasteiger partial charge in [-0.1, -0.05) is 0 Å². The highest BCUT2D eigenvalue weighted by Crippen LogP contribution is 2.33. The largest absolute Gasteiger partial charge is 0.493 e. The van der Waals surface area contributed by atoms with Gasteiger partial charge in [-0.15, -0.1) is 0 Å². The minimum Gasteiger partial charge on any atom is -0.493 e. The number of carbonyl (C=O) groups excluding carboxylic acids is 1. The number of pyridine rings is 1. The van der Waals surface area contributed by atoms with Crippen molar-refractivity contribution < 1.29 is 33.3 Å². The van der Waals surface area contributed by atoms with Gasteiger partial charge in [-0.3, -0.25) is 4.79 Å². The van der Waals surface area contributed by atoms with Gasteiger partial charge in [0, 0.05) is 17.5 Å². The summed E-state index contributed by atoms with van der Waals surface area (Å²) < 4.78 is 38.0. The number of aromatic nitrogens is 1. The van der Waals surface area contributed by atoms with E-state index in [0.29, 0.717) is 33.9 Å². The lowest BCUT2D eigenvalue weighted by Crippen LogP contribution is -2.36. The van der Waals surface area contributed by atoms with Crippen LogP contribution in [0.2, 0.25) is 0 Å². The van der Waals surface area contributed by atoms with Crippen LogP contribution in [0.15, 0.2) is 54.6 Å². The van der Waals surface area contributed by atoms with Gasteiger partial charge in [0.15, 0.2) is 17.3 Å². The normalized spacial score (nSPS) is 15.3. The first kappa shape index (κ1) is 29.2. The smallest absolute Gasteiger partial charge is 0.163 e. The summed E-state index contributed by atoms with van der Waals surface area (Å²) >= 11 is 0. The number of ketones is 1. The number of halogens is 2. The molecule has 2 aromatic carbocycles. The quantitative estimate of drug-likeness (QED) is 0.293. The van der Waals surface area contributed by atoms with Crippen molar-refractivity contribution in [2.24, 2.45) is 5.73 Å². The number of benzene rings is 2. The second-order valence-corrected chi connectivity index (χ2v) is 9.91. The highest BCUT2D eigenvalue weighted by atomic mass is 19.1. The monoisotopic (exact) mass is 528 g/mol. The zero-order valence-corrected chi connectivity index (χ0v) is 22.0. The second kappa shape index (κ2) is 12.0. The summed E-state index contributed by atoms with van der Waals surface area (Å²) in [5, 5.41) is 20.8. The van der Waals surface area contributed by atoms with E-state index in [-0.39, 0.29) is 30.9 Å². The Bertz CT molecular complexity index is 1260. The SMILES string of the molecule is COc1cc(C(=O)CCC(C)(O)c2cc(C(C)(N)CF)cc(-c3ccc(F)cc3)n2)ccc1OC[C@@H](C)O. The molecule has 2 unspecified atom stereocenters. The van der Waals surface area contributed by atoms with Crippen LogP contribution in [0.4, 0.5) is 8.78 Å². The van der Waals surface area contributed by atoms with Gasteiger partial charge in [-0.25, -0.2) is 13.8 Å². The first-order chi connectivity index (χ1) is 17.9. The van der Waals surface area contributed by atoms with Gasteiger partial charge in [0.25, 0.3) is 0 Å². The summed E-state index contributed by atoms with van der Waals surface area (Å²) in [5.74, 6) is 0.0780. The lowest BCUT2D eigenvalue weighted by molar-refractivity contribution is 0.0396. The van der Waals surface area contributed by atoms with Crippen LogP contribution in [0.3, 0.4) is 0 Å². The first-order valence-corrected chi connectivity index (χ1v) is 12.2. The van der Waals surface area contributed by atoms with E-state index in [1.54, 1.807) is 31.2 Å². The van der Waals surface area contributed by atoms with Gasteiger partial charge in [0.1, 0.15) is 24.7 Å². The molecule has 0 saturated heterocycles. The molecule has 0 spiro atoms. The zero-order valence-electron chi connectivity index (χ0n) is 22.0. The summed E-state index contributed by atoms with van der Waals surface area (Å²) in [5.41, 5.74) is 5.22. The molecule has 38 heavy (non-hydrogen) atoms. The van der Waals surface area contributed by atoms with Crippen LogP contribution in [-0.2, 0) is 11.1 Å². The number of hydrogen-bond donors (Lipinski definition) is 3. The zero-order chi connectivity index (χ0) is 28.1. The van der Waals surface area contributed by atoms with Crippen molar-refractivity contribution in [2.75, 3.05) is 20.4 Å². The Balaban J connectivity index is 1.86. The molecule has 0 amide bonds. The van der Waals surface area contributed by atoms with Crippen LogP contribution in [0, 0.1) is 5.82 Å². The first-order valence-electron chi connectivity index (χ1n) is 12.2. The number of alkyl halides is 1. The summed E-state index contributed by atoms with van der Waals surface area (Å²) in [6.07, 6.45) is -0.670. The number of ether oxygens (including phenoxy) is 2. The molecule has 7 nitrogen and oxygen atoms in total. The number of methoxy groups -OCH3 is 1. The molecule has 0 fully saturated rings. The molecule has 9 heteroatoms. The Morgan fingerprint density at radius 2 is 1.79 bits per heavy atom. The maximum atomic E-state index is 13.8. The molecule has 3 rings (SSSR count). The Labute approximate surface area is 221 Å². The Kier molecular flexibility index (Phi) is 9.19. The Morgan fingerprint density at radius 3 is 2.39 bits per heavy atom. The molecule has 0 aliphatic rings. The van der Waals surface area contributed by atoms with Crippen molar-refractivity contribution >= 4 is 5.78 Å². The Hall–Kier alpha value is -3.40. The lowest BCUT2D eigenvalue weighted by Gasteiger charge is -2.27. The minimum atomic E-state index is -1.56. The van der Waals surface area contributed by atoms with Gasteiger partial charge in [-0.05, 0) is 87.4 Å². The third kappa shape index (κ3) is 7.12. The van der Waals surface area contributed by atoms with Crippen LogP contribution in [0.25, 0.3) is 11.3 Å². The molecular formula is C29H34F2N2O5. The number of nitrogens with zero attached hydrogens (tertiary/aromatic N) is 1. The van der Waals surface area contributed by atoms with E-state index in [4.69, 9.17) is 15.2 Å². The molecule has 1 aromatic heterocycles. The Morgan fingerprint density at radius 1 is 1.11 bits per heavy atom. The fourth-order valence-corrected chi connectivity index (χ4v) is 3.78. The molecule has 0 saturated carbocycles. The molecule has 1 heterocycles. The number of aliphatic hydroxyl groups is 2. The van der Waals surface area contributed by atoms with E-state index in [2.05, 4.69) is 4.98 Å². The van der Waals surface area contributed by atoms with Crippen LogP contribution in [0.5, 0.6) is 11.5 Å². The number of carbonyl (C=O) groups is 1. The van der Waals surface area contributed by atoms with E-state index >= 15 is 0 Å². The fraction of sp³-hybridized carbons (Fsp3) is 0.379. The number of rotatable bonds is 12. The molecule has 0 radical (unpaired) electrons. The maximum Gasteiger partial charge on any atom is 0.163 e. The molecule has 0 aliphatic heterocycles. The number of nitrogens with two attached hydrogens (primary N) is 1. The van der Waals surface area contributed by atoms with Gasteiger partial charge < -0.3 is 25.4 Å². The average molecular weight is 529 g/mol. The summed E-state index contributed by atoms with van der Waals surface area (Å²) in [7, 11) is 1.45. The van der Waals surface area contributed by atoms with Crippen LogP contribution >= 0.6 is 0 Å². The van der Waals surface area contributed by atoms with Gasteiger partial charge in [0.05, 0.1) is 30.1 Å². The van der Waals surface area contributed by atoms with Gasteiger partial charge in [0.2, 0.25) is 0 Å². The number of hydrogen-bond acceptors (Lipinski definition) is 7. The lowest BCUT2D eigenvalue weighted by atomic mass is 9.87. The van der Waals surface area contributed by atoms with Gasteiger partial charge in [-0.2, -0.15) is 0 Å². The van der Waals surface area contributed by atoms with Gasteiger partial charge >= 0.3 is 0 Å². The molecule has 4 N–H and O–H groups in total.